The van der Waals surface area contributed by atoms with E-state index in [1.165, 1.54) is 5.69 Å². The lowest BCUT2D eigenvalue weighted by Crippen LogP contribution is -2.42. The van der Waals surface area contributed by atoms with E-state index in [-0.39, 0.29) is 12.1 Å². The molecule has 5 heteroatoms. The highest BCUT2D eigenvalue weighted by Crippen LogP contribution is 2.26. The molecule has 0 aliphatic carbocycles. The van der Waals surface area contributed by atoms with Gasteiger partial charge >= 0.3 is 6.03 Å². The van der Waals surface area contributed by atoms with Gasteiger partial charge < -0.3 is 14.8 Å². The molecule has 3 rings (SSSR count). The van der Waals surface area contributed by atoms with E-state index in [1.54, 1.807) is 0 Å². The lowest BCUT2D eigenvalue weighted by molar-refractivity contribution is 0.175. The van der Waals surface area contributed by atoms with Gasteiger partial charge in [0.15, 0.2) is 0 Å². The molecule has 0 saturated heterocycles. The molecule has 1 aliphatic rings. The summed E-state index contributed by atoms with van der Waals surface area (Å²) in [6, 6.07) is 11.8. The Labute approximate surface area is 126 Å². The first kappa shape index (κ1) is 13.2. The van der Waals surface area contributed by atoms with E-state index < -0.39 is 0 Å². The summed E-state index contributed by atoms with van der Waals surface area (Å²) in [5, 5.41) is 2.95. The summed E-state index contributed by atoms with van der Waals surface area (Å²) < 4.78 is 3.20. The van der Waals surface area contributed by atoms with Crippen molar-refractivity contribution in [1.29, 1.82) is 0 Å². The van der Waals surface area contributed by atoms with Gasteiger partial charge in [-0.3, -0.25) is 0 Å². The monoisotopic (exact) mass is 333 g/mol. The van der Waals surface area contributed by atoms with Crippen molar-refractivity contribution in [2.45, 2.75) is 19.5 Å². The summed E-state index contributed by atoms with van der Waals surface area (Å²) in [5.41, 5.74) is 1.99. The van der Waals surface area contributed by atoms with Gasteiger partial charge in [-0.15, -0.1) is 0 Å². The van der Waals surface area contributed by atoms with Crippen molar-refractivity contribution in [3.8, 4) is 0 Å². The lowest BCUT2D eigenvalue weighted by Gasteiger charge is -2.34. The highest BCUT2D eigenvalue weighted by Gasteiger charge is 2.27. The molecule has 0 radical (unpaired) electrons. The smallest absolute Gasteiger partial charge is 0.322 e. The van der Waals surface area contributed by atoms with Crippen LogP contribution >= 0.6 is 15.9 Å². The van der Waals surface area contributed by atoms with E-state index in [0.29, 0.717) is 0 Å². The number of fused-ring (bicyclic) bond motifs is 1. The molecular formula is C15H16BrN3O. The van der Waals surface area contributed by atoms with E-state index >= 15 is 0 Å². The van der Waals surface area contributed by atoms with Crippen LogP contribution in [-0.4, -0.2) is 22.0 Å². The van der Waals surface area contributed by atoms with Crippen molar-refractivity contribution in [3.05, 3.63) is 52.8 Å². The number of carbonyl (C=O) groups excluding carboxylic acids is 1. The summed E-state index contributed by atoms with van der Waals surface area (Å²) in [4.78, 5) is 14.3. The van der Waals surface area contributed by atoms with E-state index in [0.717, 1.165) is 23.2 Å². The Bertz CT molecular complexity index is 620. The van der Waals surface area contributed by atoms with Crippen LogP contribution in [-0.2, 0) is 6.54 Å². The SMILES string of the molecule is CC1c2cccn2CCN1C(=O)Nc1ccc(Br)cc1. The summed E-state index contributed by atoms with van der Waals surface area (Å²) in [6.45, 7) is 3.64. The molecule has 0 fully saturated rings. The maximum Gasteiger partial charge on any atom is 0.322 e. The first-order chi connectivity index (χ1) is 9.65. The van der Waals surface area contributed by atoms with Gasteiger partial charge in [0, 0.05) is 35.1 Å². The number of aromatic nitrogens is 1. The molecule has 1 aromatic heterocycles. The number of carbonyl (C=O) groups is 1. The molecule has 1 unspecified atom stereocenters. The minimum absolute atomic E-state index is 0.0488. The minimum atomic E-state index is -0.0488. The number of nitrogens with one attached hydrogen (secondary N) is 1. The number of benzene rings is 1. The van der Waals surface area contributed by atoms with Crippen molar-refractivity contribution in [2.75, 3.05) is 11.9 Å². The standard InChI is InChI=1S/C15H16BrN3O/c1-11-14-3-2-8-18(14)9-10-19(11)15(20)17-13-6-4-12(16)5-7-13/h2-8,11H,9-10H2,1H3,(H,17,20). The fourth-order valence-electron chi connectivity index (χ4n) is 2.58. The van der Waals surface area contributed by atoms with Crippen LogP contribution in [0, 0.1) is 0 Å². The van der Waals surface area contributed by atoms with E-state index in [1.807, 2.05) is 35.2 Å². The second-order valence-corrected chi connectivity index (χ2v) is 5.85. The Morgan fingerprint density at radius 1 is 1.25 bits per heavy atom. The van der Waals surface area contributed by atoms with Crippen LogP contribution in [0.2, 0.25) is 0 Å². The number of hydrogen-bond donors (Lipinski definition) is 1. The number of amides is 2. The van der Waals surface area contributed by atoms with Gasteiger partial charge in [0.1, 0.15) is 0 Å². The van der Waals surface area contributed by atoms with Crippen molar-refractivity contribution in [1.82, 2.24) is 9.47 Å². The van der Waals surface area contributed by atoms with Crippen molar-refractivity contribution < 1.29 is 4.79 Å². The topological polar surface area (TPSA) is 37.3 Å². The van der Waals surface area contributed by atoms with Crippen LogP contribution in [0.1, 0.15) is 18.7 Å². The van der Waals surface area contributed by atoms with Gasteiger partial charge in [-0.2, -0.15) is 0 Å². The van der Waals surface area contributed by atoms with E-state index in [4.69, 9.17) is 0 Å². The summed E-state index contributed by atoms with van der Waals surface area (Å²) in [5.74, 6) is 0. The summed E-state index contributed by atoms with van der Waals surface area (Å²) in [6.07, 6.45) is 2.07. The molecule has 1 aliphatic heterocycles. The van der Waals surface area contributed by atoms with Crippen LogP contribution in [0.4, 0.5) is 10.5 Å². The number of anilines is 1. The summed E-state index contributed by atoms with van der Waals surface area (Å²) in [7, 11) is 0. The molecule has 4 nitrogen and oxygen atoms in total. The second-order valence-electron chi connectivity index (χ2n) is 4.93. The third-order valence-electron chi connectivity index (χ3n) is 3.70. The number of urea groups is 1. The molecule has 0 spiro atoms. The lowest BCUT2D eigenvalue weighted by atomic mass is 10.1. The molecule has 1 aromatic carbocycles. The predicted octanol–water partition coefficient (Wildman–Crippen LogP) is 3.86. The minimum Gasteiger partial charge on any atom is -0.348 e. The molecular weight excluding hydrogens is 318 g/mol. The fourth-order valence-corrected chi connectivity index (χ4v) is 2.85. The number of nitrogens with zero attached hydrogens (tertiary/aromatic N) is 2. The molecule has 1 N–H and O–H groups in total. The van der Waals surface area contributed by atoms with Crippen LogP contribution in [0.3, 0.4) is 0 Å². The zero-order valence-electron chi connectivity index (χ0n) is 11.2. The Balaban J connectivity index is 1.73. The van der Waals surface area contributed by atoms with Gasteiger partial charge in [0.25, 0.3) is 0 Å². The number of hydrogen-bond acceptors (Lipinski definition) is 1. The highest BCUT2D eigenvalue weighted by molar-refractivity contribution is 9.10. The molecule has 0 bridgehead atoms. The normalized spacial score (nSPS) is 17.7. The Kier molecular flexibility index (Phi) is 3.53. The number of rotatable bonds is 1. The van der Waals surface area contributed by atoms with Crippen LogP contribution < -0.4 is 5.32 Å². The Morgan fingerprint density at radius 2 is 2.00 bits per heavy atom. The first-order valence-electron chi connectivity index (χ1n) is 6.63. The van der Waals surface area contributed by atoms with Crippen molar-refractivity contribution in [3.63, 3.8) is 0 Å². The molecule has 20 heavy (non-hydrogen) atoms. The fraction of sp³-hybridized carbons (Fsp3) is 0.267. The van der Waals surface area contributed by atoms with E-state index in [2.05, 4.69) is 45.0 Å². The maximum absolute atomic E-state index is 12.4. The molecule has 2 heterocycles. The molecule has 2 amide bonds. The number of halogens is 1. The second kappa shape index (κ2) is 5.32. The first-order valence-corrected chi connectivity index (χ1v) is 7.42. The molecule has 0 saturated carbocycles. The van der Waals surface area contributed by atoms with Crippen molar-refractivity contribution in [2.24, 2.45) is 0 Å². The average molecular weight is 334 g/mol. The van der Waals surface area contributed by atoms with Gasteiger partial charge in [0.05, 0.1) is 6.04 Å². The highest BCUT2D eigenvalue weighted by atomic mass is 79.9. The third-order valence-corrected chi connectivity index (χ3v) is 4.23. The quantitative estimate of drug-likeness (QED) is 0.845. The van der Waals surface area contributed by atoms with Gasteiger partial charge in [-0.25, -0.2) is 4.79 Å². The maximum atomic E-state index is 12.4. The average Bonchev–Trinajstić information content (AvgIpc) is 2.91. The Hall–Kier alpha value is -1.75. The third kappa shape index (κ3) is 2.45. The Morgan fingerprint density at radius 3 is 2.75 bits per heavy atom. The zero-order chi connectivity index (χ0) is 14.1. The van der Waals surface area contributed by atoms with Crippen LogP contribution in [0.5, 0.6) is 0 Å². The van der Waals surface area contributed by atoms with Crippen LogP contribution in [0.25, 0.3) is 0 Å². The zero-order valence-corrected chi connectivity index (χ0v) is 12.8. The largest absolute Gasteiger partial charge is 0.348 e. The summed E-state index contributed by atoms with van der Waals surface area (Å²) >= 11 is 3.39. The predicted molar refractivity (Wildman–Crippen MR) is 82.7 cm³/mol. The van der Waals surface area contributed by atoms with Gasteiger partial charge in [-0.05, 0) is 43.3 Å². The van der Waals surface area contributed by atoms with E-state index in [9.17, 15) is 4.79 Å². The van der Waals surface area contributed by atoms with Crippen LogP contribution in [0.15, 0.2) is 47.1 Å². The van der Waals surface area contributed by atoms with Gasteiger partial charge in [-0.1, -0.05) is 15.9 Å². The molecule has 2 aromatic rings. The van der Waals surface area contributed by atoms with Crippen molar-refractivity contribution >= 4 is 27.6 Å². The van der Waals surface area contributed by atoms with Gasteiger partial charge in [0.2, 0.25) is 0 Å². The molecule has 1 atom stereocenters. The molecule has 104 valence electrons.